The van der Waals surface area contributed by atoms with E-state index < -0.39 is 5.97 Å². The van der Waals surface area contributed by atoms with Crippen LogP contribution in [0.2, 0.25) is 0 Å². The Labute approximate surface area is 154 Å². The van der Waals surface area contributed by atoms with Gasteiger partial charge in [0.1, 0.15) is 5.82 Å². The topological polar surface area (TPSA) is 99.1 Å². The average molecular weight is 368 g/mol. The van der Waals surface area contributed by atoms with Crippen molar-refractivity contribution >= 4 is 29.3 Å². The molecular weight excluding hydrogens is 348 g/mol. The fourth-order valence-corrected chi connectivity index (χ4v) is 3.04. The van der Waals surface area contributed by atoms with Crippen LogP contribution in [-0.2, 0) is 20.1 Å². The predicted octanol–water partition coefficient (Wildman–Crippen LogP) is 1.81. The van der Waals surface area contributed by atoms with E-state index in [9.17, 15) is 14.4 Å². The second-order valence-electron chi connectivity index (χ2n) is 6.04. The van der Waals surface area contributed by atoms with Crippen molar-refractivity contribution in [3.8, 4) is 0 Å². The van der Waals surface area contributed by atoms with Crippen molar-refractivity contribution in [3.05, 3.63) is 62.1 Å². The quantitative estimate of drug-likeness (QED) is 0.740. The van der Waals surface area contributed by atoms with Crippen molar-refractivity contribution in [3.63, 3.8) is 0 Å². The highest BCUT2D eigenvalue weighted by Gasteiger charge is 2.17. The Morgan fingerprint density at radius 2 is 1.85 bits per heavy atom. The van der Waals surface area contributed by atoms with Gasteiger partial charge in [-0.1, -0.05) is 18.2 Å². The Morgan fingerprint density at radius 3 is 2.48 bits per heavy atom. The molecule has 140 valence electrons. The summed E-state index contributed by atoms with van der Waals surface area (Å²) >= 11 is 0. The molecule has 0 amide bonds. The molecule has 0 aliphatic heterocycles. The number of fused-ring (bicyclic) bond motifs is 1. The van der Waals surface area contributed by atoms with Gasteiger partial charge in [0.15, 0.2) is 11.2 Å². The summed E-state index contributed by atoms with van der Waals surface area (Å²) in [6.07, 6.45) is 3.42. The second-order valence-corrected chi connectivity index (χ2v) is 6.04. The molecule has 1 aromatic carbocycles. The van der Waals surface area contributed by atoms with Crippen molar-refractivity contribution in [1.29, 1.82) is 0 Å². The number of hydrogen-bond donors (Lipinski definition) is 1. The number of hydrogen-bond acceptors (Lipinski definition) is 4. The highest BCUT2D eigenvalue weighted by Crippen LogP contribution is 2.14. The van der Waals surface area contributed by atoms with E-state index in [-0.39, 0.29) is 23.4 Å². The first kappa shape index (κ1) is 18.4. The summed E-state index contributed by atoms with van der Waals surface area (Å²) in [5.41, 5.74) is 0.842. The van der Waals surface area contributed by atoms with Gasteiger partial charge in [-0.15, -0.1) is 0 Å². The molecule has 0 aliphatic rings. The number of aromatic nitrogens is 4. The van der Waals surface area contributed by atoms with Gasteiger partial charge >= 0.3 is 11.7 Å². The lowest BCUT2D eigenvalue weighted by Gasteiger charge is -2.08. The molecule has 1 N–H and O–H groups in total. The number of carbonyl (C=O) groups is 1. The van der Waals surface area contributed by atoms with Gasteiger partial charge in [0.05, 0.1) is 5.56 Å². The molecule has 0 atom stereocenters. The van der Waals surface area contributed by atoms with Gasteiger partial charge in [0.2, 0.25) is 0 Å². The Morgan fingerprint density at radius 1 is 1.15 bits per heavy atom. The van der Waals surface area contributed by atoms with E-state index in [1.807, 2.05) is 6.92 Å². The minimum Gasteiger partial charge on any atom is -0.478 e. The van der Waals surface area contributed by atoms with Crippen molar-refractivity contribution in [1.82, 2.24) is 18.7 Å². The van der Waals surface area contributed by atoms with E-state index in [2.05, 4.69) is 4.98 Å². The van der Waals surface area contributed by atoms with Crippen molar-refractivity contribution < 1.29 is 9.90 Å². The van der Waals surface area contributed by atoms with Crippen LogP contribution in [0.4, 0.5) is 0 Å². The van der Waals surface area contributed by atoms with Crippen LogP contribution >= 0.6 is 0 Å². The highest BCUT2D eigenvalue weighted by atomic mass is 16.4. The standard InChI is InChI=1S/C19H20N4O4/c1-4-22-16-15(17(24)23(5-2)19(22)27)21(3)14(20-16)10-9-12-7-6-8-13(11-12)18(25)26/h6-11H,4-5H2,1-3H3,(H,25,26)/b10-9+. The Balaban J connectivity index is 2.17. The molecule has 2 heterocycles. The molecule has 0 bridgehead atoms. The van der Waals surface area contributed by atoms with Crippen LogP contribution in [0.5, 0.6) is 0 Å². The predicted molar refractivity (Wildman–Crippen MR) is 103 cm³/mol. The van der Waals surface area contributed by atoms with E-state index in [1.165, 1.54) is 15.2 Å². The van der Waals surface area contributed by atoms with Gasteiger partial charge < -0.3 is 9.67 Å². The molecule has 2 aromatic heterocycles. The van der Waals surface area contributed by atoms with Crippen LogP contribution in [-0.4, -0.2) is 29.8 Å². The van der Waals surface area contributed by atoms with Gasteiger partial charge in [0.25, 0.3) is 5.56 Å². The highest BCUT2D eigenvalue weighted by molar-refractivity contribution is 5.88. The van der Waals surface area contributed by atoms with Crippen LogP contribution in [0, 0.1) is 0 Å². The second kappa shape index (κ2) is 7.06. The van der Waals surface area contributed by atoms with Crippen molar-refractivity contribution in [2.75, 3.05) is 0 Å². The van der Waals surface area contributed by atoms with Crippen molar-refractivity contribution in [2.24, 2.45) is 7.05 Å². The first-order valence-electron chi connectivity index (χ1n) is 8.60. The zero-order valence-corrected chi connectivity index (χ0v) is 15.3. The molecular formula is C19H20N4O4. The normalized spacial score (nSPS) is 11.5. The van der Waals surface area contributed by atoms with Gasteiger partial charge in [-0.25, -0.2) is 14.6 Å². The molecule has 8 heteroatoms. The smallest absolute Gasteiger partial charge is 0.335 e. The molecule has 0 saturated heterocycles. The first-order valence-corrected chi connectivity index (χ1v) is 8.60. The number of nitrogens with zero attached hydrogens (tertiary/aromatic N) is 4. The molecule has 0 spiro atoms. The van der Waals surface area contributed by atoms with Gasteiger partial charge in [0, 0.05) is 20.1 Å². The maximum atomic E-state index is 12.7. The van der Waals surface area contributed by atoms with Gasteiger partial charge in [-0.05, 0) is 37.6 Å². The van der Waals surface area contributed by atoms with E-state index in [0.717, 1.165) is 0 Å². The third-order valence-electron chi connectivity index (χ3n) is 4.47. The lowest BCUT2D eigenvalue weighted by Crippen LogP contribution is -2.39. The lowest BCUT2D eigenvalue weighted by atomic mass is 10.1. The maximum Gasteiger partial charge on any atom is 0.335 e. The molecule has 27 heavy (non-hydrogen) atoms. The lowest BCUT2D eigenvalue weighted by molar-refractivity contribution is 0.0697. The van der Waals surface area contributed by atoms with Gasteiger partial charge in [-0.2, -0.15) is 0 Å². The summed E-state index contributed by atoms with van der Waals surface area (Å²) in [5, 5.41) is 9.09. The minimum atomic E-state index is -1.000. The number of benzene rings is 1. The largest absolute Gasteiger partial charge is 0.478 e. The molecule has 0 saturated carbocycles. The average Bonchev–Trinajstić information content (AvgIpc) is 2.97. The van der Waals surface area contributed by atoms with Crippen LogP contribution in [0.15, 0.2) is 33.9 Å². The van der Waals surface area contributed by atoms with E-state index >= 15 is 0 Å². The van der Waals surface area contributed by atoms with E-state index in [4.69, 9.17) is 5.11 Å². The summed E-state index contributed by atoms with van der Waals surface area (Å²) in [4.78, 5) is 40.7. The monoisotopic (exact) mass is 368 g/mol. The Kier molecular flexibility index (Phi) is 4.81. The molecule has 0 aliphatic carbocycles. The molecule has 8 nitrogen and oxygen atoms in total. The van der Waals surface area contributed by atoms with Crippen LogP contribution in [0.3, 0.4) is 0 Å². The van der Waals surface area contributed by atoms with E-state index in [0.29, 0.717) is 29.1 Å². The SMILES string of the molecule is CCn1c(=O)c2c(nc(/C=C/c3cccc(C(=O)O)c3)n2C)n(CC)c1=O. The minimum absolute atomic E-state index is 0.188. The maximum absolute atomic E-state index is 12.7. The molecule has 0 unspecified atom stereocenters. The van der Waals surface area contributed by atoms with Crippen LogP contribution < -0.4 is 11.2 Å². The molecule has 0 fully saturated rings. The zero-order valence-electron chi connectivity index (χ0n) is 15.3. The van der Waals surface area contributed by atoms with Gasteiger partial charge in [-0.3, -0.25) is 13.9 Å². The summed E-state index contributed by atoms with van der Waals surface area (Å²) in [7, 11) is 1.72. The first-order chi connectivity index (χ1) is 12.9. The number of imidazole rings is 1. The van der Waals surface area contributed by atoms with Crippen LogP contribution in [0.1, 0.15) is 35.6 Å². The number of aromatic carboxylic acids is 1. The molecule has 0 radical (unpaired) electrons. The van der Waals surface area contributed by atoms with E-state index in [1.54, 1.807) is 48.9 Å². The summed E-state index contributed by atoms with van der Waals surface area (Å²) in [6, 6.07) is 6.50. The zero-order chi connectivity index (χ0) is 19.7. The third kappa shape index (κ3) is 3.10. The number of carboxylic acid groups (broad SMARTS) is 1. The van der Waals surface area contributed by atoms with Crippen LogP contribution in [0.25, 0.3) is 23.3 Å². The summed E-state index contributed by atoms with van der Waals surface area (Å²) in [5.74, 6) is -0.502. The fraction of sp³-hybridized carbons (Fsp3) is 0.263. The number of carboxylic acids is 1. The number of aryl methyl sites for hydroxylation is 2. The third-order valence-corrected chi connectivity index (χ3v) is 4.47. The summed E-state index contributed by atoms with van der Waals surface area (Å²) in [6.45, 7) is 4.26. The fourth-order valence-electron chi connectivity index (χ4n) is 3.04. The summed E-state index contributed by atoms with van der Waals surface area (Å²) < 4.78 is 4.31. The number of rotatable bonds is 5. The molecule has 3 aromatic rings. The van der Waals surface area contributed by atoms with Crippen molar-refractivity contribution in [2.45, 2.75) is 26.9 Å². The Bertz CT molecular complexity index is 1180. The molecule has 3 rings (SSSR count). The Hall–Kier alpha value is -3.42.